The van der Waals surface area contributed by atoms with Gasteiger partial charge in [0, 0.05) is 6.54 Å². The lowest BCUT2D eigenvalue weighted by atomic mass is 10.1. The molecule has 0 aromatic carbocycles. The third-order valence-electron chi connectivity index (χ3n) is 1.26. The fourth-order valence-electron chi connectivity index (χ4n) is 0.396. The van der Waals surface area contributed by atoms with Crippen LogP contribution >= 0.6 is 0 Å². The van der Waals surface area contributed by atoms with Crippen molar-refractivity contribution >= 4 is 0 Å². The molecule has 0 fully saturated rings. The molecule has 0 saturated carbocycles. The zero-order chi connectivity index (χ0) is 9.12. The molecule has 0 aliphatic rings. The van der Waals surface area contributed by atoms with Gasteiger partial charge >= 0.3 is 6.18 Å². The van der Waals surface area contributed by atoms with E-state index in [1.54, 1.807) is 0 Å². The van der Waals surface area contributed by atoms with Gasteiger partial charge in [0.1, 0.15) is 0 Å². The van der Waals surface area contributed by atoms with Gasteiger partial charge in [-0.3, -0.25) is 0 Å². The molecule has 68 valence electrons. The van der Waals surface area contributed by atoms with E-state index < -0.39 is 11.8 Å². The molecular formula is C6H12F3NO. The van der Waals surface area contributed by atoms with Crippen LogP contribution in [-0.4, -0.2) is 24.9 Å². The average molecular weight is 171 g/mol. The Hall–Kier alpha value is -0.290. The molecule has 11 heavy (non-hydrogen) atoms. The highest BCUT2D eigenvalue weighted by molar-refractivity contribution is 4.77. The van der Waals surface area contributed by atoms with Crippen molar-refractivity contribution in [1.29, 1.82) is 0 Å². The summed E-state index contributed by atoms with van der Waals surface area (Å²) in [5.41, 5.74) is 2.90. The Kier molecular flexibility index (Phi) is 3.31. The molecule has 0 radical (unpaired) electrons. The maximum Gasteiger partial charge on any atom is 0.416 e. The molecule has 0 aromatic heterocycles. The smallest absolute Gasteiger partial charge is 0.365 e. The summed E-state index contributed by atoms with van der Waals surface area (Å²) in [6.45, 7) is 1.97. The average Bonchev–Trinajstić information content (AvgIpc) is 1.81. The van der Waals surface area contributed by atoms with Crippen molar-refractivity contribution in [1.82, 2.24) is 0 Å². The molecule has 5 heteroatoms. The van der Waals surface area contributed by atoms with Crippen LogP contribution in [0.5, 0.6) is 0 Å². The number of hydrogen-bond acceptors (Lipinski definition) is 2. The van der Waals surface area contributed by atoms with E-state index in [4.69, 9.17) is 5.73 Å². The van der Waals surface area contributed by atoms with Crippen LogP contribution < -0.4 is 5.73 Å². The van der Waals surface area contributed by atoms with Crippen molar-refractivity contribution < 1.29 is 17.9 Å². The van der Waals surface area contributed by atoms with Crippen LogP contribution in [0.25, 0.3) is 0 Å². The Balaban J connectivity index is 4.00. The third-order valence-corrected chi connectivity index (χ3v) is 1.26. The van der Waals surface area contributed by atoms with Gasteiger partial charge in [0.2, 0.25) is 0 Å². The van der Waals surface area contributed by atoms with Crippen molar-refractivity contribution in [2.24, 2.45) is 5.73 Å². The van der Waals surface area contributed by atoms with Crippen LogP contribution in [0.4, 0.5) is 13.2 Å². The molecule has 0 rings (SSSR count). The molecule has 2 nitrogen and oxygen atoms in total. The Bertz CT molecular complexity index is 121. The second-order valence-corrected chi connectivity index (χ2v) is 2.65. The first-order valence-electron chi connectivity index (χ1n) is 3.22. The standard InChI is InChI=1S/C6H12F3NO/c1-5(2,6(7,8)9)11-4-3-10/h3-4,10H2,1-2H3. The highest BCUT2D eigenvalue weighted by Crippen LogP contribution is 2.32. The van der Waals surface area contributed by atoms with Gasteiger partial charge in [-0.15, -0.1) is 0 Å². The normalized spacial score (nSPS) is 13.6. The first-order chi connectivity index (χ1) is 4.81. The van der Waals surface area contributed by atoms with Crippen molar-refractivity contribution in [2.75, 3.05) is 13.2 Å². The van der Waals surface area contributed by atoms with Gasteiger partial charge in [0.15, 0.2) is 5.60 Å². The van der Waals surface area contributed by atoms with Crippen molar-refractivity contribution in [3.8, 4) is 0 Å². The lowest BCUT2D eigenvalue weighted by Gasteiger charge is -2.27. The van der Waals surface area contributed by atoms with Gasteiger partial charge in [-0.05, 0) is 13.8 Å². The Morgan fingerprint density at radius 1 is 1.27 bits per heavy atom. The predicted octanol–water partition coefficient (Wildman–Crippen LogP) is 1.30. The summed E-state index contributed by atoms with van der Waals surface area (Å²) >= 11 is 0. The van der Waals surface area contributed by atoms with E-state index >= 15 is 0 Å². The topological polar surface area (TPSA) is 35.2 Å². The van der Waals surface area contributed by atoms with E-state index in [0.717, 1.165) is 13.8 Å². The molecule has 0 saturated heterocycles. The second-order valence-electron chi connectivity index (χ2n) is 2.65. The molecular weight excluding hydrogens is 159 g/mol. The van der Waals surface area contributed by atoms with E-state index in [1.165, 1.54) is 0 Å². The summed E-state index contributed by atoms with van der Waals surface area (Å²) in [6.07, 6.45) is -4.33. The van der Waals surface area contributed by atoms with Gasteiger partial charge in [0.05, 0.1) is 6.61 Å². The van der Waals surface area contributed by atoms with Crippen molar-refractivity contribution in [3.05, 3.63) is 0 Å². The van der Waals surface area contributed by atoms with Crippen LogP contribution in [0.2, 0.25) is 0 Å². The second kappa shape index (κ2) is 3.40. The molecule has 2 N–H and O–H groups in total. The van der Waals surface area contributed by atoms with Crippen LogP contribution in [0.1, 0.15) is 13.8 Å². The van der Waals surface area contributed by atoms with Crippen molar-refractivity contribution in [2.45, 2.75) is 25.6 Å². The predicted molar refractivity (Wildman–Crippen MR) is 35.1 cm³/mol. The molecule has 0 spiro atoms. The number of ether oxygens (including phenoxy) is 1. The lowest BCUT2D eigenvalue weighted by Crippen LogP contribution is -2.42. The summed E-state index contributed by atoms with van der Waals surface area (Å²) in [7, 11) is 0. The quantitative estimate of drug-likeness (QED) is 0.694. The minimum atomic E-state index is -4.33. The number of hydrogen-bond donors (Lipinski definition) is 1. The summed E-state index contributed by atoms with van der Waals surface area (Å²) in [6, 6.07) is 0. The summed E-state index contributed by atoms with van der Waals surface area (Å²) < 4.78 is 40.5. The van der Waals surface area contributed by atoms with Crippen LogP contribution in [0.15, 0.2) is 0 Å². The molecule has 0 atom stereocenters. The fraction of sp³-hybridized carbons (Fsp3) is 1.00. The highest BCUT2D eigenvalue weighted by Gasteiger charge is 2.48. The molecule has 0 amide bonds. The van der Waals surface area contributed by atoms with Crippen LogP contribution in [-0.2, 0) is 4.74 Å². The minimum absolute atomic E-state index is 0.0769. The number of halogens is 3. The van der Waals surface area contributed by atoms with Crippen LogP contribution in [0, 0.1) is 0 Å². The molecule has 0 aliphatic carbocycles. The van der Waals surface area contributed by atoms with Gasteiger partial charge in [-0.1, -0.05) is 0 Å². The fourth-order valence-corrected chi connectivity index (χ4v) is 0.396. The first-order valence-corrected chi connectivity index (χ1v) is 3.22. The molecule has 0 heterocycles. The van der Waals surface area contributed by atoms with Gasteiger partial charge in [-0.2, -0.15) is 13.2 Å². The Labute approximate surface area is 63.5 Å². The minimum Gasteiger partial charge on any atom is -0.365 e. The number of alkyl halides is 3. The summed E-state index contributed by atoms with van der Waals surface area (Å²) in [5.74, 6) is 0. The highest BCUT2D eigenvalue weighted by atomic mass is 19.4. The van der Waals surface area contributed by atoms with E-state index in [9.17, 15) is 13.2 Å². The molecule has 0 bridgehead atoms. The third kappa shape index (κ3) is 3.07. The Morgan fingerprint density at radius 2 is 1.73 bits per heavy atom. The van der Waals surface area contributed by atoms with E-state index in [0.29, 0.717) is 0 Å². The zero-order valence-corrected chi connectivity index (χ0v) is 6.53. The number of rotatable bonds is 3. The lowest BCUT2D eigenvalue weighted by molar-refractivity contribution is -0.262. The summed E-state index contributed by atoms with van der Waals surface area (Å²) in [4.78, 5) is 0. The number of nitrogens with two attached hydrogens (primary N) is 1. The molecule has 0 aliphatic heterocycles. The molecule has 0 unspecified atom stereocenters. The first kappa shape index (κ1) is 10.7. The van der Waals surface area contributed by atoms with Gasteiger partial charge in [-0.25, -0.2) is 0 Å². The monoisotopic (exact) mass is 171 g/mol. The maximum absolute atomic E-state index is 12.0. The summed E-state index contributed by atoms with van der Waals surface area (Å²) in [5, 5.41) is 0. The Morgan fingerprint density at radius 3 is 2.00 bits per heavy atom. The maximum atomic E-state index is 12.0. The zero-order valence-electron chi connectivity index (χ0n) is 6.53. The van der Waals surface area contributed by atoms with Crippen LogP contribution in [0.3, 0.4) is 0 Å². The SMILES string of the molecule is CC(C)(OCCN)C(F)(F)F. The van der Waals surface area contributed by atoms with Gasteiger partial charge in [0.25, 0.3) is 0 Å². The molecule has 0 aromatic rings. The largest absolute Gasteiger partial charge is 0.416 e. The van der Waals surface area contributed by atoms with E-state index in [-0.39, 0.29) is 13.2 Å². The van der Waals surface area contributed by atoms with E-state index in [2.05, 4.69) is 4.74 Å². The van der Waals surface area contributed by atoms with Gasteiger partial charge < -0.3 is 10.5 Å². The van der Waals surface area contributed by atoms with E-state index in [1.807, 2.05) is 0 Å². The van der Waals surface area contributed by atoms with Crippen molar-refractivity contribution in [3.63, 3.8) is 0 Å².